The molecule has 0 fully saturated rings. The van der Waals surface area contributed by atoms with Crippen LogP contribution in [0.1, 0.15) is 16.2 Å². The van der Waals surface area contributed by atoms with Crippen LogP contribution in [0.3, 0.4) is 0 Å². The Labute approximate surface area is 58.1 Å². The first-order valence-corrected chi connectivity index (χ1v) is 2.83. The van der Waals surface area contributed by atoms with Crippen molar-refractivity contribution in [1.82, 2.24) is 9.97 Å². The van der Waals surface area contributed by atoms with E-state index in [4.69, 9.17) is 5.73 Å². The molecule has 0 atom stereocenters. The van der Waals surface area contributed by atoms with E-state index in [0.717, 1.165) is 0 Å². The van der Waals surface area contributed by atoms with Gasteiger partial charge in [-0.05, 0) is 0 Å². The molecular formula is C6H7N3O. The van der Waals surface area contributed by atoms with Crippen LogP contribution in [0.5, 0.6) is 0 Å². The Bertz CT molecular complexity index is 236. The van der Waals surface area contributed by atoms with Crippen molar-refractivity contribution >= 4 is 6.29 Å². The number of hydrogen-bond acceptors (Lipinski definition) is 4. The number of carbonyl (C=O) groups is 1. The van der Waals surface area contributed by atoms with Crippen LogP contribution in [0.2, 0.25) is 0 Å². The zero-order valence-electron chi connectivity index (χ0n) is 5.32. The van der Waals surface area contributed by atoms with Gasteiger partial charge >= 0.3 is 0 Å². The van der Waals surface area contributed by atoms with E-state index in [0.29, 0.717) is 24.2 Å². The quantitative estimate of drug-likeness (QED) is 0.570. The van der Waals surface area contributed by atoms with Gasteiger partial charge in [0.25, 0.3) is 0 Å². The smallest absolute Gasteiger partial charge is 0.170 e. The molecule has 0 saturated heterocycles. The first-order chi connectivity index (χ1) is 4.86. The lowest BCUT2D eigenvalue weighted by Crippen LogP contribution is -2.02. The summed E-state index contributed by atoms with van der Waals surface area (Å²) >= 11 is 0. The van der Waals surface area contributed by atoms with Crippen molar-refractivity contribution in [1.29, 1.82) is 0 Å². The van der Waals surface area contributed by atoms with Crippen molar-refractivity contribution in [3.05, 3.63) is 23.8 Å². The molecule has 0 aliphatic heterocycles. The Hall–Kier alpha value is -1.29. The Kier molecular flexibility index (Phi) is 2.07. The number of aldehydes is 1. The zero-order valence-corrected chi connectivity index (χ0v) is 5.32. The predicted octanol–water partition coefficient (Wildman–Crippen LogP) is -0.252. The van der Waals surface area contributed by atoms with E-state index >= 15 is 0 Å². The molecule has 2 N–H and O–H groups in total. The molecule has 0 unspecified atom stereocenters. The van der Waals surface area contributed by atoms with Crippen LogP contribution < -0.4 is 5.73 Å². The maximum Gasteiger partial charge on any atom is 0.170 e. The average molecular weight is 137 g/mol. The van der Waals surface area contributed by atoms with Gasteiger partial charge in [0.15, 0.2) is 6.29 Å². The van der Waals surface area contributed by atoms with Crippen LogP contribution in [0.15, 0.2) is 12.4 Å². The van der Waals surface area contributed by atoms with E-state index < -0.39 is 0 Å². The van der Waals surface area contributed by atoms with E-state index in [-0.39, 0.29) is 0 Å². The van der Waals surface area contributed by atoms with E-state index in [1.807, 2.05) is 0 Å². The molecule has 0 aromatic carbocycles. The largest absolute Gasteiger partial charge is 0.325 e. The van der Waals surface area contributed by atoms with Gasteiger partial charge in [-0.1, -0.05) is 0 Å². The Morgan fingerprint density at radius 3 is 3.00 bits per heavy atom. The molecule has 1 aromatic rings. The predicted molar refractivity (Wildman–Crippen MR) is 35.3 cm³/mol. The van der Waals surface area contributed by atoms with Gasteiger partial charge in [0.2, 0.25) is 0 Å². The van der Waals surface area contributed by atoms with E-state index in [9.17, 15) is 4.79 Å². The standard InChI is InChI=1S/C6H7N3O/c7-1-5-2-8-3-6(4-10)9-5/h2-4H,1,7H2. The highest BCUT2D eigenvalue weighted by molar-refractivity contribution is 5.70. The van der Waals surface area contributed by atoms with Crippen molar-refractivity contribution < 1.29 is 4.79 Å². The third-order valence-electron chi connectivity index (χ3n) is 1.03. The molecular weight excluding hydrogens is 130 g/mol. The zero-order chi connectivity index (χ0) is 7.40. The van der Waals surface area contributed by atoms with Crippen LogP contribution in [-0.4, -0.2) is 16.3 Å². The normalized spacial score (nSPS) is 9.30. The summed E-state index contributed by atoms with van der Waals surface area (Å²) in [5, 5.41) is 0. The van der Waals surface area contributed by atoms with Crippen molar-refractivity contribution in [2.45, 2.75) is 6.54 Å². The van der Waals surface area contributed by atoms with Gasteiger partial charge in [0.1, 0.15) is 5.69 Å². The molecule has 0 radical (unpaired) electrons. The van der Waals surface area contributed by atoms with Crippen molar-refractivity contribution in [2.24, 2.45) is 5.73 Å². The van der Waals surface area contributed by atoms with Crippen LogP contribution in [-0.2, 0) is 6.54 Å². The molecule has 4 nitrogen and oxygen atoms in total. The summed E-state index contributed by atoms with van der Waals surface area (Å²) in [6.45, 7) is 0.314. The lowest BCUT2D eigenvalue weighted by Gasteiger charge is -1.93. The molecule has 1 rings (SSSR count). The Balaban J connectivity index is 2.98. The summed E-state index contributed by atoms with van der Waals surface area (Å²) in [4.78, 5) is 17.7. The Morgan fingerprint density at radius 2 is 2.40 bits per heavy atom. The van der Waals surface area contributed by atoms with Crippen LogP contribution in [0.25, 0.3) is 0 Å². The highest BCUT2D eigenvalue weighted by Crippen LogP contribution is 1.90. The molecule has 4 heteroatoms. The minimum absolute atomic E-state index is 0.314. The summed E-state index contributed by atoms with van der Waals surface area (Å²) < 4.78 is 0. The van der Waals surface area contributed by atoms with Crippen molar-refractivity contribution in [3.8, 4) is 0 Å². The average Bonchev–Trinajstić information content (AvgIpc) is 2.05. The van der Waals surface area contributed by atoms with Gasteiger partial charge < -0.3 is 5.73 Å². The number of nitrogens with two attached hydrogens (primary N) is 1. The highest BCUT2D eigenvalue weighted by atomic mass is 16.1. The lowest BCUT2D eigenvalue weighted by molar-refractivity contribution is 0.111. The second-order valence-corrected chi connectivity index (χ2v) is 1.76. The van der Waals surface area contributed by atoms with Gasteiger partial charge in [-0.2, -0.15) is 0 Å². The van der Waals surface area contributed by atoms with Gasteiger partial charge in [0.05, 0.1) is 11.9 Å². The van der Waals surface area contributed by atoms with E-state index in [2.05, 4.69) is 9.97 Å². The van der Waals surface area contributed by atoms with Crippen LogP contribution >= 0.6 is 0 Å². The summed E-state index contributed by atoms with van der Waals surface area (Å²) in [5.41, 5.74) is 6.21. The number of nitrogens with zero attached hydrogens (tertiary/aromatic N) is 2. The molecule has 0 aliphatic carbocycles. The number of hydrogen-bond donors (Lipinski definition) is 1. The third kappa shape index (κ3) is 1.35. The molecule has 1 heterocycles. The molecule has 0 spiro atoms. The molecule has 0 saturated carbocycles. The SMILES string of the molecule is NCc1cncc(C=O)n1. The van der Waals surface area contributed by atoms with Gasteiger partial charge in [0, 0.05) is 12.7 Å². The molecule has 52 valence electrons. The molecule has 0 aliphatic rings. The minimum atomic E-state index is 0.314. The molecule has 0 bridgehead atoms. The second kappa shape index (κ2) is 3.03. The highest BCUT2D eigenvalue weighted by Gasteiger charge is 1.93. The summed E-state index contributed by atoms with van der Waals surface area (Å²) in [7, 11) is 0. The van der Waals surface area contributed by atoms with Crippen molar-refractivity contribution in [2.75, 3.05) is 0 Å². The fraction of sp³-hybridized carbons (Fsp3) is 0.167. The second-order valence-electron chi connectivity index (χ2n) is 1.76. The molecule has 10 heavy (non-hydrogen) atoms. The van der Waals surface area contributed by atoms with Crippen LogP contribution in [0.4, 0.5) is 0 Å². The maximum absolute atomic E-state index is 10.1. The van der Waals surface area contributed by atoms with Gasteiger partial charge in [-0.25, -0.2) is 4.98 Å². The number of carbonyl (C=O) groups excluding carboxylic acids is 1. The van der Waals surface area contributed by atoms with Crippen LogP contribution in [0, 0.1) is 0 Å². The summed E-state index contributed by atoms with van der Waals surface area (Å²) in [6.07, 6.45) is 3.57. The third-order valence-corrected chi connectivity index (χ3v) is 1.03. The lowest BCUT2D eigenvalue weighted by atomic mass is 10.4. The summed E-state index contributed by atoms with van der Waals surface area (Å²) in [6, 6.07) is 0. The van der Waals surface area contributed by atoms with Crippen molar-refractivity contribution in [3.63, 3.8) is 0 Å². The topological polar surface area (TPSA) is 68.9 Å². The first kappa shape index (κ1) is 6.82. The monoisotopic (exact) mass is 137 g/mol. The molecule has 1 aromatic heterocycles. The fourth-order valence-corrected chi connectivity index (χ4v) is 0.578. The van der Waals surface area contributed by atoms with Gasteiger partial charge in [-0.15, -0.1) is 0 Å². The molecule has 0 amide bonds. The van der Waals surface area contributed by atoms with Gasteiger partial charge in [-0.3, -0.25) is 9.78 Å². The first-order valence-electron chi connectivity index (χ1n) is 2.83. The Morgan fingerprint density at radius 1 is 1.60 bits per heavy atom. The van der Waals surface area contributed by atoms with E-state index in [1.54, 1.807) is 0 Å². The number of rotatable bonds is 2. The number of aromatic nitrogens is 2. The van der Waals surface area contributed by atoms with E-state index in [1.165, 1.54) is 12.4 Å². The fourth-order valence-electron chi connectivity index (χ4n) is 0.578. The summed E-state index contributed by atoms with van der Waals surface area (Å²) in [5.74, 6) is 0. The minimum Gasteiger partial charge on any atom is -0.325 e. The maximum atomic E-state index is 10.1.